The molecule has 1 N–H and O–H groups in total. The van der Waals surface area contributed by atoms with E-state index in [0.29, 0.717) is 17.0 Å². The number of benzene rings is 1. The van der Waals surface area contributed by atoms with Crippen LogP contribution in [0.3, 0.4) is 0 Å². The van der Waals surface area contributed by atoms with Gasteiger partial charge >= 0.3 is 0 Å². The molecule has 1 aliphatic carbocycles. The van der Waals surface area contributed by atoms with Gasteiger partial charge in [0.05, 0.1) is 12.7 Å². The molecule has 0 radical (unpaired) electrons. The maximum Gasteiger partial charge on any atom is 0.224 e. The highest BCUT2D eigenvalue weighted by molar-refractivity contribution is 5.87. The van der Waals surface area contributed by atoms with Gasteiger partial charge in [0.15, 0.2) is 0 Å². The summed E-state index contributed by atoms with van der Waals surface area (Å²) < 4.78 is 18.6. The first-order valence-corrected chi connectivity index (χ1v) is 7.17. The third-order valence-corrected chi connectivity index (χ3v) is 3.94. The lowest BCUT2D eigenvalue weighted by Crippen LogP contribution is -2.37. The summed E-state index contributed by atoms with van der Waals surface area (Å²) >= 11 is 0. The molecule has 1 aliphatic rings. The van der Waals surface area contributed by atoms with Crippen molar-refractivity contribution in [3.05, 3.63) is 35.8 Å². The van der Waals surface area contributed by atoms with Gasteiger partial charge in [0.1, 0.15) is 11.4 Å². The smallest absolute Gasteiger partial charge is 0.224 e. The van der Waals surface area contributed by atoms with Gasteiger partial charge in [-0.05, 0) is 31.0 Å². The van der Waals surface area contributed by atoms with E-state index in [-0.39, 0.29) is 18.1 Å². The minimum Gasteiger partial charge on any atom is -0.464 e. The summed E-state index contributed by atoms with van der Waals surface area (Å²) in [7, 11) is 0. The van der Waals surface area contributed by atoms with E-state index in [9.17, 15) is 9.18 Å². The molecule has 3 rings (SSSR count). The van der Waals surface area contributed by atoms with Crippen molar-refractivity contribution in [2.45, 2.75) is 44.6 Å². The first kappa shape index (κ1) is 13.2. The molecule has 1 aromatic heterocycles. The number of nitrogens with one attached hydrogen (secondary N) is 1. The molecule has 0 unspecified atom stereocenters. The van der Waals surface area contributed by atoms with E-state index in [4.69, 9.17) is 4.42 Å². The van der Waals surface area contributed by atoms with Gasteiger partial charge in [-0.3, -0.25) is 4.79 Å². The summed E-state index contributed by atoms with van der Waals surface area (Å²) in [5.74, 6) is -0.323. The molecule has 1 fully saturated rings. The van der Waals surface area contributed by atoms with Gasteiger partial charge in [0.25, 0.3) is 0 Å². The SMILES string of the molecule is O=C(Cc1coc2ccc(F)cc12)NC1CCCCC1. The van der Waals surface area contributed by atoms with E-state index in [0.717, 1.165) is 18.4 Å². The molecule has 1 amide bonds. The van der Waals surface area contributed by atoms with Crippen LogP contribution < -0.4 is 5.32 Å². The molecule has 3 nitrogen and oxygen atoms in total. The molecule has 0 atom stereocenters. The molecule has 1 saturated carbocycles. The highest BCUT2D eigenvalue weighted by Gasteiger charge is 2.17. The predicted octanol–water partition coefficient (Wildman–Crippen LogP) is 3.56. The van der Waals surface area contributed by atoms with Crippen LogP contribution >= 0.6 is 0 Å². The fourth-order valence-corrected chi connectivity index (χ4v) is 2.89. The van der Waals surface area contributed by atoms with Crippen molar-refractivity contribution in [3.63, 3.8) is 0 Å². The molecule has 106 valence electrons. The van der Waals surface area contributed by atoms with Crippen molar-refractivity contribution in [1.29, 1.82) is 0 Å². The summed E-state index contributed by atoms with van der Waals surface area (Å²) in [5.41, 5.74) is 1.36. The van der Waals surface area contributed by atoms with Gasteiger partial charge in [-0.1, -0.05) is 19.3 Å². The second-order valence-electron chi connectivity index (χ2n) is 5.48. The molecule has 4 heteroatoms. The van der Waals surface area contributed by atoms with Crippen molar-refractivity contribution in [2.75, 3.05) is 0 Å². The summed E-state index contributed by atoms with van der Waals surface area (Å²) in [6.45, 7) is 0. The molecular weight excluding hydrogens is 257 g/mol. The zero-order valence-electron chi connectivity index (χ0n) is 11.3. The Morgan fingerprint density at radius 3 is 2.90 bits per heavy atom. The summed E-state index contributed by atoms with van der Waals surface area (Å²) in [6.07, 6.45) is 7.55. The van der Waals surface area contributed by atoms with Gasteiger partial charge in [-0.15, -0.1) is 0 Å². The highest BCUT2D eigenvalue weighted by Crippen LogP contribution is 2.23. The standard InChI is InChI=1S/C16H18FNO2/c17-12-6-7-15-14(9-12)11(10-20-15)8-16(19)18-13-4-2-1-3-5-13/h6-7,9-10,13H,1-5,8H2,(H,18,19). The van der Waals surface area contributed by atoms with E-state index in [2.05, 4.69) is 5.32 Å². The van der Waals surface area contributed by atoms with Gasteiger partial charge in [-0.25, -0.2) is 4.39 Å². The first-order valence-electron chi connectivity index (χ1n) is 7.17. The molecule has 2 aromatic rings. The Balaban J connectivity index is 1.69. The third-order valence-electron chi connectivity index (χ3n) is 3.94. The van der Waals surface area contributed by atoms with Crippen LogP contribution in [0, 0.1) is 5.82 Å². The Morgan fingerprint density at radius 1 is 1.30 bits per heavy atom. The number of fused-ring (bicyclic) bond motifs is 1. The van der Waals surface area contributed by atoms with E-state index in [1.807, 2.05) is 0 Å². The van der Waals surface area contributed by atoms with E-state index < -0.39 is 0 Å². The molecule has 0 aliphatic heterocycles. The quantitative estimate of drug-likeness (QED) is 0.930. The number of amides is 1. The Kier molecular flexibility index (Phi) is 3.72. The second kappa shape index (κ2) is 5.65. The van der Waals surface area contributed by atoms with Crippen LogP contribution in [-0.2, 0) is 11.2 Å². The largest absolute Gasteiger partial charge is 0.464 e. The zero-order chi connectivity index (χ0) is 13.9. The average molecular weight is 275 g/mol. The minimum absolute atomic E-state index is 0.0103. The maximum atomic E-state index is 13.3. The average Bonchev–Trinajstić information content (AvgIpc) is 2.82. The van der Waals surface area contributed by atoms with Crippen molar-refractivity contribution in [1.82, 2.24) is 5.32 Å². The van der Waals surface area contributed by atoms with Crippen LogP contribution in [-0.4, -0.2) is 11.9 Å². The van der Waals surface area contributed by atoms with Crippen molar-refractivity contribution in [3.8, 4) is 0 Å². The minimum atomic E-state index is -0.312. The maximum absolute atomic E-state index is 13.3. The van der Waals surface area contributed by atoms with Crippen LogP contribution in [0.5, 0.6) is 0 Å². The zero-order valence-corrected chi connectivity index (χ0v) is 11.3. The normalized spacial score (nSPS) is 16.4. The number of rotatable bonds is 3. The number of halogens is 1. The summed E-state index contributed by atoms with van der Waals surface area (Å²) in [6, 6.07) is 4.67. The molecule has 1 aromatic carbocycles. The molecule has 1 heterocycles. The first-order chi connectivity index (χ1) is 9.72. The number of hydrogen-bond donors (Lipinski definition) is 1. The number of carbonyl (C=O) groups is 1. The van der Waals surface area contributed by atoms with E-state index in [1.54, 1.807) is 12.3 Å². The fraction of sp³-hybridized carbons (Fsp3) is 0.438. The predicted molar refractivity (Wildman–Crippen MR) is 74.9 cm³/mol. The van der Waals surface area contributed by atoms with E-state index in [1.165, 1.54) is 31.4 Å². The Hall–Kier alpha value is -1.84. The van der Waals surface area contributed by atoms with Crippen LogP contribution in [0.1, 0.15) is 37.7 Å². The van der Waals surface area contributed by atoms with Gasteiger partial charge in [-0.2, -0.15) is 0 Å². The molecule has 0 spiro atoms. The second-order valence-corrected chi connectivity index (χ2v) is 5.48. The van der Waals surface area contributed by atoms with Crippen LogP contribution in [0.2, 0.25) is 0 Å². The lowest BCUT2D eigenvalue weighted by Gasteiger charge is -2.22. The Labute approximate surface area is 117 Å². The lowest BCUT2D eigenvalue weighted by atomic mass is 9.95. The van der Waals surface area contributed by atoms with Crippen molar-refractivity contribution in [2.24, 2.45) is 0 Å². The topological polar surface area (TPSA) is 42.2 Å². The van der Waals surface area contributed by atoms with Gasteiger partial charge in [0.2, 0.25) is 5.91 Å². The third kappa shape index (κ3) is 2.84. The van der Waals surface area contributed by atoms with Crippen LogP contribution in [0.25, 0.3) is 11.0 Å². The molecule has 0 saturated heterocycles. The summed E-state index contributed by atoms with van der Waals surface area (Å²) in [4.78, 5) is 12.1. The molecule has 0 bridgehead atoms. The molecular formula is C16H18FNO2. The summed E-state index contributed by atoms with van der Waals surface area (Å²) in [5, 5.41) is 3.75. The number of hydrogen-bond acceptors (Lipinski definition) is 2. The van der Waals surface area contributed by atoms with E-state index >= 15 is 0 Å². The van der Waals surface area contributed by atoms with Crippen LogP contribution in [0.4, 0.5) is 4.39 Å². The number of carbonyl (C=O) groups excluding carboxylic acids is 1. The number of furan rings is 1. The van der Waals surface area contributed by atoms with Crippen molar-refractivity contribution < 1.29 is 13.6 Å². The monoisotopic (exact) mass is 275 g/mol. The highest BCUT2D eigenvalue weighted by atomic mass is 19.1. The Bertz CT molecular complexity index is 614. The lowest BCUT2D eigenvalue weighted by molar-refractivity contribution is -0.121. The van der Waals surface area contributed by atoms with Crippen LogP contribution in [0.15, 0.2) is 28.9 Å². The van der Waals surface area contributed by atoms with Gasteiger partial charge in [0, 0.05) is 17.0 Å². The van der Waals surface area contributed by atoms with Gasteiger partial charge < -0.3 is 9.73 Å². The Morgan fingerprint density at radius 2 is 2.10 bits per heavy atom. The van der Waals surface area contributed by atoms with Crippen molar-refractivity contribution >= 4 is 16.9 Å². The molecule has 20 heavy (non-hydrogen) atoms. The fourth-order valence-electron chi connectivity index (χ4n) is 2.89.